The number of carbonyl (C=O) groups is 1. The predicted molar refractivity (Wildman–Crippen MR) is 87.7 cm³/mol. The highest BCUT2D eigenvalue weighted by Crippen LogP contribution is 2.14. The summed E-state index contributed by atoms with van der Waals surface area (Å²) in [6.07, 6.45) is 0. The average Bonchev–Trinajstić information content (AvgIpc) is 2.62. The van der Waals surface area contributed by atoms with Crippen LogP contribution in [0.1, 0.15) is 26.5 Å². The Balaban J connectivity index is 2.39. The third-order valence-electron chi connectivity index (χ3n) is 3.28. The summed E-state index contributed by atoms with van der Waals surface area (Å²) in [6, 6.07) is 8.92. The Morgan fingerprint density at radius 1 is 1.14 bits per heavy atom. The first kappa shape index (κ1) is 15.9. The summed E-state index contributed by atoms with van der Waals surface area (Å²) in [5.74, 6) is 0. The van der Waals surface area contributed by atoms with Crippen LogP contribution >= 0.6 is 0 Å². The zero-order valence-corrected chi connectivity index (χ0v) is 13.6. The molecule has 0 aliphatic heterocycles. The van der Waals surface area contributed by atoms with Gasteiger partial charge in [0.1, 0.15) is 5.69 Å². The monoisotopic (exact) mass is 302 g/mol. The van der Waals surface area contributed by atoms with Crippen molar-refractivity contribution in [3.8, 4) is 5.69 Å². The van der Waals surface area contributed by atoms with Crippen LogP contribution in [-0.2, 0) is 7.05 Å². The normalized spacial score (nSPS) is 11.3. The van der Waals surface area contributed by atoms with Gasteiger partial charge in [-0.05, 0) is 39.8 Å². The van der Waals surface area contributed by atoms with Crippen molar-refractivity contribution in [1.29, 1.82) is 0 Å². The SMILES string of the molecule is Cc1c(NC(=O)NC(C)(C)C)c(=O)n(-c2ccccc2)n1C. The van der Waals surface area contributed by atoms with Gasteiger partial charge in [0.15, 0.2) is 0 Å². The van der Waals surface area contributed by atoms with E-state index in [9.17, 15) is 9.59 Å². The molecule has 6 nitrogen and oxygen atoms in total. The van der Waals surface area contributed by atoms with Gasteiger partial charge in [0.05, 0.1) is 11.4 Å². The average molecular weight is 302 g/mol. The molecule has 0 unspecified atom stereocenters. The van der Waals surface area contributed by atoms with Gasteiger partial charge in [-0.1, -0.05) is 18.2 Å². The first-order valence-electron chi connectivity index (χ1n) is 7.14. The minimum Gasteiger partial charge on any atom is -0.333 e. The van der Waals surface area contributed by atoms with Crippen molar-refractivity contribution < 1.29 is 4.79 Å². The van der Waals surface area contributed by atoms with Crippen molar-refractivity contribution in [3.63, 3.8) is 0 Å². The lowest BCUT2D eigenvalue weighted by Gasteiger charge is -2.20. The summed E-state index contributed by atoms with van der Waals surface area (Å²) >= 11 is 0. The molecule has 22 heavy (non-hydrogen) atoms. The number of urea groups is 1. The van der Waals surface area contributed by atoms with E-state index in [1.165, 1.54) is 4.68 Å². The number of carbonyl (C=O) groups excluding carboxylic acids is 1. The number of hydrogen-bond donors (Lipinski definition) is 2. The molecule has 0 fully saturated rings. The topological polar surface area (TPSA) is 68.1 Å². The summed E-state index contributed by atoms with van der Waals surface area (Å²) < 4.78 is 3.26. The second-order valence-corrected chi connectivity index (χ2v) is 6.27. The molecule has 0 aliphatic rings. The molecular formula is C16H22N4O2. The number of hydrogen-bond acceptors (Lipinski definition) is 2. The third-order valence-corrected chi connectivity index (χ3v) is 3.28. The fourth-order valence-corrected chi connectivity index (χ4v) is 2.20. The molecule has 0 saturated carbocycles. The summed E-state index contributed by atoms with van der Waals surface area (Å²) in [5.41, 5.74) is 1.11. The number of anilines is 1. The molecule has 0 atom stereocenters. The zero-order valence-electron chi connectivity index (χ0n) is 13.6. The third kappa shape index (κ3) is 3.21. The number of amides is 2. The molecule has 0 bridgehead atoms. The predicted octanol–water partition coefficient (Wildman–Crippen LogP) is 2.40. The van der Waals surface area contributed by atoms with Crippen LogP contribution in [0.25, 0.3) is 5.69 Å². The van der Waals surface area contributed by atoms with E-state index < -0.39 is 6.03 Å². The van der Waals surface area contributed by atoms with Crippen LogP contribution in [0.2, 0.25) is 0 Å². The Kier molecular flexibility index (Phi) is 4.12. The molecule has 0 saturated heterocycles. The van der Waals surface area contributed by atoms with E-state index >= 15 is 0 Å². The van der Waals surface area contributed by atoms with E-state index in [4.69, 9.17) is 0 Å². The zero-order chi connectivity index (χ0) is 16.5. The number of para-hydroxylation sites is 1. The van der Waals surface area contributed by atoms with Crippen LogP contribution in [0, 0.1) is 6.92 Å². The van der Waals surface area contributed by atoms with E-state index in [2.05, 4.69) is 10.6 Å². The Bertz CT molecular complexity index is 736. The summed E-state index contributed by atoms with van der Waals surface area (Å²) in [4.78, 5) is 24.6. The van der Waals surface area contributed by atoms with Crippen molar-refractivity contribution in [1.82, 2.24) is 14.7 Å². The summed E-state index contributed by atoms with van der Waals surface area (Å²) in [5, 5.41) is 5.44. The molecule has 118 valence electrons. The minimum atomic E-state index is -0.390. The Morgan fingerprint density at radius 2 is 1.73 bits per heavy atom. The maximum absolute atomic E-state index is 12.6. The molecule has 2 N–H and O–H groups in total. The smallest absolute Gasteiger partial charge is 0.319 e. The van der Waals surface area contributed by atoms with Gasteiger partial charge < -0.3 is 10.6 Å². The van der Waals surface area contributed by atoms with Crippen molar-refractivity contribution in [3.05, 3.63) is 46.4 Å². The summed E-state index contributed by atoms with van der Waals surface area (Å²) in [6.45, 7) is 7.44. The van der Waals surface area contributed by atoms with E-state index in [-0.39, 0.29) is 16.8 Å². The fraction of sp³-hybridized carbons (Fsp3) is 0.375. The van der Waals surface area contributed by atoms with Crippen LogP contribution in [0.3, 0.4) is 0 Å². The standard InChI is InChI=1S/C16H22N4O2/c1-11-13(17-15(22)18-16(2,3)4)14(21)20(19(11)5)12-9-7-6-8-10-12/h6-10H,1-5H3,(H2,17,18,22). The highest BCUT2D eigenvalue weighted by atomic mass is 16.2. The number of nitrogens with zero attached hydrogens (tertiary/aromatic N) is 2. The van der Waals surface area contributed by atoms with Crippen molar-refractivity contribution in [2.24, 2.45) is 7.05 Å². The second-order valence-electron chi connectivity index (χ2n) is 6.27. The van der Waals surface area contributed by atoms with Crippen LogP contribution in [0.4, 0.5) is 10.5 Å². The summed E-state index contributed by atoms with van der Waals surface area (Å²) in [7, 11) is 1.79. The molecule has 1 heterocycles. The highest BCUT2D eigenvalue weighted by molar-refractivity contribution is 5.90. The molecular weight excluding hydrogens is 280 g/mol. The van der Waals surface area contributed by atoms with Gasteiger partial charge in [-0.2, -0.15) is 0 Å². The van der Waals surface area contributed by atoms with Gasteiger partial charge >= 0.3 is 6.03 Å². The fourth-order valence-electron chi connectivity index (χ4n) is 2.20. The van der Waals surface area contributed by atoms with E-state index in [0.717, 1.165) is 5.69 Å². The molecule has 0 aliphatic carbocycles. The Labute approximate surface area is 129 Å². The first-order valence-corrected chi connectivity index (χ1v) is 7.14. The minimum absolute atomic E-state index is 0.254. The molecule has 0 radical (unpaired) electrons. The van der Waals surface area contributed by atoms with Crippen molar-refractivity contribution in [2.75, 3.05) is 5.32 Å². The van der Waals surface area contributed by atoms with Crippen LogP contribution < -0.4 is 16.2 Å². The largest absolute Gasteiger partial charge is 0.333 e. The van der Waals surface area contributed by atoms with Crippen LogP contribution in [0.5, 0.6) is 0 Å². The van der Waals surface area contributed by atoms with Gasteiger partial charge in [0.25, 0.3) is 5.56 Å². The lowest BCUT2D eigenvalue weighted by molar-refractivity contribution is 0.244. The number of rotatable bonds is 2. The highest BCUT2D eigenvalue weighted by Gasteiger charge is 2.20. The Hall–Kier alpha value is -2.50. The lowest BCUT2D eigenvalue weighted by atomic mass is 10.1. The maximum atomic E-state index is 12.6. The van der Waals surface area contributed by atoms with Gasteiger partial charge in [0.2, 0.25) is 0 Å². The maximum Gasteiger partial charge on any atom is 0.319 e. The number of benzene rings is 1. The van der Waals surface area contributed by atoms with E-state index in [1.807, 2.05) is 51.1 Å². The molecule has 1 aromatic carbocycles. The molecule has 6 heteroatoms. The van der Waals surface area contributed by atoms with Crippen LogP contribution in [-0.4, -0.2) is 20.9 Å². The van der Waals surface area contributed by atoms with E-state index in [1.54, 1.807) is 18.7 Å². The molecule has 0 spiro atoms. The molecule has 2 amide bonds. The van der Waals surface area contributed by atoms with Crippen molar-refractivity contribution >= 4 is 11.7 Å². The lowest BCUT2D eigenvalue weighted by Crippen LogP contribution is -2.43. The van der Waals surface area contributed by atoms with E-state index in [0.29, 0.717) is 5.69 Å². The molecule has 2 aromatic rings. The molecule has 1 aromatic heterocycles. The van der Waals surface area contributed by atoms with Gasteiger partial charge in [-0.15, -0.1) is 0 Å². The Morgan fingerprint density at radius 3 is 2.27 bits per heavy atom. The number of nitrogens with one attached hydrogen (secondary N) is 2. The first-order chi connectivity index (χ1) is 10.2. The van der Waals surface area contributed by atoms with Crippen LogP contribution in [0.15, 0.2) is 35.1 Å². The van der Waals surface area contributed by atoms with Gasteiger partial charge in [-0.25, -0.2) is 9.48 Å². The van der Waals surface area contributed by atoms with Gasteiger partial charge in [-0.3, -0.25) is 9.48 Å². The molecule has 2 rings (SSSR count). The van der Waals surface area contributed by atoms with Crippen molar-refractivity contribution in [2.45, 2.75) is 33.2 Å². The second kappa shape index (κ2) is 5.71. The van der Waals surface area contributed by atoms with Gasteiger partial charge in [0, 0.05) is 12.6 Å². The number of aromatic nitrogens is 2. The quantitative estimate of drug-likeness (QED) is 0.894.